The summed E-state index contributed by atoms with van der Waals surface area (Å²) in [4.78, 5) is 0. The molecule has 0 saturated carbocycles. The van der Waals surface area contributed by atoms with Crippen LogP contribution in [0.5, 0.6) is 0 Å². The largest absolute Gasteiger partial charge is 0.420 e. The zero-order valence-corrected chi connectivity index (χ0v) is 8.59. The van der Waals surface area contributed by atoms with Crippen LogP contribution in [0.1, 0.15) is 11.8 Å². The van der Waals surface area contributed by atoms with Crippen LogP contribution in [-0.4, -0.2) is 21.1 Å². The molecule has 1 aromatic carbocycles. The van der Waals surface area contributed by atoms with E-state index in [0.29, 0.717) is 5.69 Å². The smallest absolute Gasteiger partial charge is 0.378 e. The molecule has 1 heterocycles. The highest BCUT2D eigenvalue weighted by Gasteiger charge is 2.41. The molecule has 2 aromatic rings. The molecular formula is C11H9F3N2O. The minimum absolute atomic E-state index is 0.302. The number of para-hydroxylation sites is 1. The molecule has 1 aromatic heterocycles. The van der Waals surface area contributed by atoms with E-state index in [9.17, 15) is 18.3 Å². The van der Waals surface area contributed by atoms with E-state index >= 15 is 0 Å². The van der Waals surface area contributed by atoms with Gasteiger partial charge in [0.2, 0.25) is 0 Å². The predicted octanol–water partition coefficient (Wildman–Crippen LogP) is 2.47. The quantitative estimate of drug-likeness (QED) is 0.878. The molecule has 6 heteroatoms. The van der Waals surface area contributed by atoms with Crippen molar-refractivity contribution in [1.82, 2.24) is 9.78 Å². The molecule has 17 heavy (non-hydrogen) atoms. The van der Waals surface area contributed by atoms with Crippen LogP contribution in [0.3, 0.4) is 0 Å². The monoisotopic (exact) mass is 242 g/mol. The lowest BCUT2D eigenvalue weighted by atomic mass is 10.2. The Morgan fingerprint density at radius 2 is 1.76 bits per heavy atom. The molecule has 0 aliphatic rings. The highest BCUT2D eigenvalue weighted by atomic mass is 19.4. The van der Waals surface area contributed by atoms with Gasteiger partial charge >= 0.3 is 6.18 Å². The molecule has 0 saturated heterocycles. The number of rotatable bonds is 2. The summed E-state index contributed by atoms with van der Waals surface area (Å²) in [5.74, 6) is 0. The fourth-order valence-corrected chi connectivity index (χ4v) is 1.47. The maximum atomic E-state index is 12.4. The lowest BCUT2D eigenvalue weighted by molar-refractivity contribution is -0.208. The van der Waals surface area contributed by atoms with Crippen molar-refractivity contribution >= 4 is 0 Å². The lowest BCUT2D eigenvalue weighted by Crippen LogP contribution is -2.23. The van der Waals surface area contributed by atoms with Gasteiger partial charge in [0, 0.05) is 6.20 Å². The number of halogens is 3. The number of nitrogens with zero attached hydrogens (tertiary/aromatic N) is 2. The van der Waals surface area contributed by atoms with Gasteiger partial charge in [-0.05, 0) is 18.2 Å². The van der Waals surface area contributed by atoms with Gasteiger partial charge in [0.25, 0.3) is 0 Å². The maximum absolute atomic E-state index is 12.4. The first-order valence-electron chi connectivity index (χ1n) is 4.84. The molecular weight excluding hydrogens is 233 g/mol. The first-order valence-corrected chi connectivity index (χ1v) is 4.84. The van der Waals surface area contributed by atoms with Crippen molar-refractivity contribution in [2.24, 2.45) is 0 Å². The Bertz CT molecular complexity index is 493. The number of aliphatic hydroxyl groups is 1. The molecule has 0 aliphatic carbocycles. The van der Waals surface area contributed by atoms with Crippen LogP contribution in [0.15, 0.2) is 42.6 Å². The summed E-state index contributed by atoms with van der Waals surface area (Å²) in [6.45, 7) is 0. The second-order valence-corrected chi connectivity index (χ2v) is 3.45. The highest BCUT2D eigenvalue weighted by molar-refractivity contribution is 5.33. The van der Waals surface area contributed by atoms with Crippen LogP contribution >= 0.6 is 0 Å². The van der Waals surface area contributed by atoms with E-state index < -0.39 is 12.3 Å². The van der Waals surface area contributed by atoms with Crippen molar-refractivity contribution in [2.45, 2.75) is 12.3 Å². The summed E-state index contributed by atoms with van der Waals surface area (Å²) in [5.41, 5.74) is 0.166. The van der Waals surface area contributed by atoms with Crippen LogP contribution in [0.2, 0.25) is 0 Å². The zero-order valence-electron chi connectivity index (χ0n) is 8.59. The van der Waals surface area contributed by atoms with Crippen molar-refractivity contribution in [2.75, 3.05) is 0 Å². The summed E-state index contributed by atoms with van der Waals surface area (Å²) in [7, 11) is 0. The number of hydrogen-bond donors (Lipinski definition) is 1. The number of alkyl halides is 3. The Kier molecular flexibility index (Phi) is 2.89. The summed E-state index contributed by atoms with van der Waals surface area (Å²) in [5, 5.41) is 13.0. The van der Waals surface area contributed by atoms with Crippen molar-refractivity contribution in [1.29, 1.82) is 0 Å². The molecule has 0 bridgehead atoms. The molecule has 2 rings (SSSR count). The van der Waals surface area contributed by atoms with Crippen LogP contribution in [0.4, 0.5) is 13.2 Å². The first kappa shape index (κ1) is 11.7. The van der Waals surface area contributed by atoms with Gasteiger partial charge in [-0.1, -0.05) is 18.2 Å². The molecule has 90 valence electrons. The number of benzene rings is 1. The standard InChI is InChI=1S/C11H9F3N2O/c12-11(13,14)10(17)9-6-7-15-16(9)8-4-2-1-3-5-8/h1-7,10,17H/t10-/m1/s1. The Morgan fingerprint density at radius 1 is 1.12 bits per heavy atom. The molecule has 1 N–H and O–H groups in total. The van der Waals surface area contributed by atoms with Gasteiger partial charge in [-0.3, -0.25) is 0 Å². The zero-order chi connectivity index (χ0) is 12.5. The molecule has 0 spiro atoms. The molecule has 0 radical (unpaired) electrons. The fourth-order valence-electron chi connectivity index (χ4n) is 1.47. The van der Waals surface area contributed by atoms with Gasteiger partial charge in [0.05, 0.1) is 11.4 Å². The second kappa shape index (κ2) is 4.21. The third-order valence-corrected chi connectivity index (χ3v) is 2.26. The first-order chi connectivity index (χ1) is 8.00. The van der Waals surface area contributed by atoms with Gasteiger partial charge in [-0.2, -0.15) is 18.3 Å². The van der Waals surface area contributed by atoms with Crippen molar-refractivity contribution in [3.8, 4) is 5.69 Å². The number of hydrogen-bond acceptors (Lipinski definition) is 2. The minimum Gasteiger partial charge on any atom is -0.378 e. The van der Waals surface area contributed by atoms with Gasteiger partial charge < -0.3 is 5.11 Å². The van der Waals surface area contributed by atoms with Crippen molar-refractivity contribution in [3.63, 3.8) is 0 Å². The van der Waals surface area contributed by atoms with Gasteiger partial charge in [0.1, 0.15) is 0 Å². The molecule has 0 fully saturated rings. The highest BCUT2D eigenvalue weighted by Crippen LogP contribution is 2.32. The Balaban J connectivity index is 2.43. The second-order valence-electron chi connectivity index (χ2n) is 3.45. The fraction of sp³-hybridized carbons (Fsp3) is 0.182. The number of aliphatic hydroxyl groups excluding tert-OH is 1. The van der Waals surface area contributed by atoms with E-state index in [2.05, 4.69) is 5.10 Å². The molecule has 0 unspecified atom stereocenters. The predicted molar refractivity (Wildman–Crippen MR) is 54.6 cm³/mol. The van der Waals surface area contributed by atoms with Crippen molar-refractivity contribution < 1.29 is 18.3 Å². The lowest BCUT2D eigenvalue weighted by Gasteiger charge is -2.16. The normalized spacial score (nSPS) is 13.6. The minimum atomic E-state index is -4.70. The van der Waals surface area contributed by atoms with Crippen molar-refractivity contribution in [3.05, 3.63) is 48.3 Å². The molecule has 0 aliphatic heterocycles. The van der Waals surface area contributed by atoms with E-state index in [1.165, 1.54) is 6.20 Å². The Labute approximate surface area is 95.1 Å². The van der Waals surface area contributed by atoms with Gasteiger partial charge in [0.15, 0.2) is 6.10 Å². The molecule has 3 nitrogen and oxygen atoms in total. The topological polar surface area (TPSA) is 38.1 Å². The average molecular weight is 242 g/mol. The van der Waals surface area contributed by atoms with E-state index in [-0.39, 0.29) is 5.69 Å². The van der Waals surface area contributed by atoms with E-state index in [1.54, 1.807) is 30.3 Å². The maximum Gasteiger partial charge on any atom is 0.420 e. The van der Waals surface area contributed by atoms with E-state index in [4.69, 9.17) is 0 Å². The third kappa shape index (κ3) is 2.31. The van der Waals surface area contributed by atoms with E-state index in [0.717, 1.165) is 10.7 Å². The summed E-state index contributed by atoms with van der Waals surface area (Å²) >= 11 is 0. The SMILES string of the molecule is O[C@H](c1ccnn1-c1ccccc1)C(F)(F)F. The Morgan fingerprint density at radius 3 is 2.35 bits per heavy atom. The molecule has 1 atom stereocenters. The van der Waals surface area contributed by atoms with Crippen LogP contribution in [0.25, 0.3) is 5.69 Å². The average Bonchev–Trinajstić information content (AvgIpc) is 2.76. The van der Waals surface area contributed by atoms with E-state index in [1.807, 2.05) is 0 Å². The third-order valence-electron chi connectivity index (χ3n) is 2.26. The van der Waals surface area contributed by atoms with Crippen LogP contribution < -0.4 is 0 Å². The summed E-state index contributed by atoms with van der Waals surface area (Å²) < 4.78 is 38.3. The van der Waals surface area contributed by atoms with Gasteiger partial charge in [-0.25, -0.2) is 4.68 Å². The van der Waals surface area contributed by atoms with Crippen LogP contribution in [-0.2, 0) is 0 Å². The molecule has 0 amide bonds. The number of aromatic nitrogens is 2. The summed E-state index contributed by atoms with van der Waals surface area (Å²) in [6, 6.07) is 9.47. The summed E-state index contributed by atoms with van der Waals surface area (Å²) in [6.07, 6.45) is -6.02. The van der Waals surface area contributed by atoms with Crippen LogP contribution in [0, 0.1) is 0 Å². The van der Waals surface area contributed by atoms with Gasteiger partial charge in [-0.15, -0.1) is 0 Å². The Hall–Kier alpha value is -1.82.